The van der Waals surface area contributed by atoms with Crippen LogP contribution in [0, 0.1) is 6.92 Å². The van der Waals surface area contributed by atoms with Gasteiger partial charge in [-0.05, 0) is 43.5 Å². The smallest absolute Gasteiger partial charge is 0.291 e. The molecule has 2 heterocycles. The Morgan fingerprint density at radius 3 is 2.43 bits per heavy atom. The van der Waals surface area contributed by atoms with Crippen molar-refractivity contribution >= 4 is 27.5 Å². The number of hydrogen-bond acceptors (Lipinski definition) is 5. The van der Waals surface area contributed by atoms with E-state index in [4.69, 9.17) is 4.42 Å². The van der Waals surface area contributed by atoms with E-state index in [2.05, 4.69) is 10.6 Å². The minimum atomic E-state index is -3.76. The second kappa shape index (κ2) is 8.15. The van der Waals surface area contributed by atoms with E-state index in [0.717, 1.165) is 19.3 Å². The van der Waals surface area contributed by atoms with Gasteiger partial charge in [0.2, 0.25) is 5.09 Å². The van der Waals surface area contributed by atoms with E-state index in [1.807, 2.05) is 0 Å². The number of benzene rings is 1. The summed E-state index contributed by atoms with van der Waals surface area (Å²) in [6.45, 7) is 2.66. The van der Waals surface area contributed by atoms with E-state index in [1.165, 1.54) is 23.5 Å². The molecule has 1 saturated heterocycles. The molecule has 2 N–H and O–H groups in total. The predicted octanol–water partition coefficient (Wildman–Crippen LogP) is 2.37. The molecule has 9 heteroatoms. The number of sulfonamides is 1. The molecule has 1 aromatic carbocycles. The Hall–Kier alpha value is -2.65. The number of aryl methyl sites for hydroxylation is 1. The summed E-state index contributed by atoms with van der Waals surface area (Å²) in [7, 11) is -2.25. The zero-order chi connectivity index (χ0) is 20.3. The predicted molar refractivity (Wildman–Crippen MR) is 104 cm³/mol. The van der Waals surface area contributed by atoms with Crippen molar-refractivity contribution in [2.24, 2.45) is 0 Å². The van der Waals surface area contributed by atoms with Crippen molar-refractivity contribution in [3.05, 3.63) is 47.2 Å². The molecule has 0 atom stereocenters. The summed E-state index contributed by atoms with van der Waals surface area (Å²) in [5.74, 6) is -1.10. The number of anilines is 1. The minimum Gasteiger partial charge on any atom is -0.438 e. The fourth-order valence-electron chi connectivity index (χ4n) is 3.20. The van der Waals surface area contributed by atoms with E-state index in [-0.39, 0.29) is 16.8 Å². The third-order valence-corrected chi connectivity index (χ3v) is 6.46. The van der Waals surface area contributed by atoms with Crippen LogP contribution in [0.15, 0.2) is 39.8 Å². The van der Waals surface area contributed by atoms with E-state index in [9.17, 15) is 18.0 Å². The largest absolute Gasteiger partial charge is 0.438 e. The molecule has 8 nitrogen and oxygen atoms in total. The van der Waals surface area contributed by atoms with Crippen LogP contribution in [-0.2, 0) is 10.0 Å². The molecule has 0 spiro atoms. The molecule has 0 radical (unpaired) electrons. The average molecular weight is 405 g/mol. The molecule has 3 rings (SSSR count). The first-order valence-corrected chi connectivity index (χ1v) is 10.5. The third-order valence-electron chi connectivity index (χ3n) is 4.69. The first kappa shape index (κ1) is 20.1. The molecule has 2 aromatic rings. The normalized spacial score (nSPS) is 15.2. The van der Waals surface area contributed by atoms with Crippen LogP contribution in [0.1, 0.15) is 45.7 Å². The second-order valence-corrected chi connectivity index (χ2v) is 8.48. The zero-order valence-corrected chi connectivity index (χ0v) is 16.6. The van der Waals surface area contributed by atoms with Gasteiger partial charge in [-0.15, -0.1) is 0 Å². The number of nitrogens with zero attached hydrogens (tertiary/aromatic N) is 1. The highest BCUT2D eigenvalue weighted by atomic mass is 32.2. The van der Waals surface area contributed by atoms with Gasteiger partial charge in [-0.25, -0.2) is 8.42 Å². The second-order valence-electron chi connectivity index (χ2n) is 6.61. The Kier molecular flexibility index (Phi) is 5.85. The van der Waals surface area contributed by atoms with Crippen molar-refractivity contribution in [1.29, 1.82) is 0 Å². The van der Waals surface area contributed by atoms with Gasteiger partial charge >= 0.3 is 0 Å². The van der Waals surface area contributed by atoms with Gasteiger partial charge in [0.05, 0.1) is 11.3 Å². The Morgan fingerprint density at radius 2 is 1.75 bits per heavy atom. The minimum absolute atomic E-state index is 0.139. The van der Waals surface area contributed by atoms with Crippen LogP contribution in [0.5, 0.6) is 0 Å². The van der Waals surface area contributed by atoms with Gasteiger partial charge in [-0.2, -0.15) is 4.31 Å². The van der Waals surface area contributed by atoms with Crippen LogP contribution in [0.25, 0.3) is 0 Å². The van der Waals surface area contributed by atoms with Crippen LogP contribution in [-0.4, -0.2) is 44.7 Å². The van der Waals surface area contributed by atoms with Gasteiger partial charge < -0.3 is 15.1 Å². The van der Waals surface area contributed by atoms with Crippen molar-refractivity contribution in [3.63, 3.8) is 0 Å². The monoisotopic (exact) mass is 405 g/mol. The SMILES string of the molecule is CNC(=O)c1c(C)cccc1NC(=O)c1ccc(S(=O)(=O)N2CCCCC2)o1. The first-order valence-electron chi connectivity index (χ1n) is 9.07. The van der Waals surface area contributed by atoms with Crippen LogP contribution in [0.3, 0.4) is 0 Å². The van der Waals surface area contributed by atoms with Gasteiger partial charge in [0.25, 0.3) is 21.8 Å². The molecule has 28 heavy (non-hydrogen) atoms. The first-order chi connectivity index (χ1) is 13.3. The molecule has 1 aliphatic heterocycles. The summed E-state index contributed by atoms with van der Waals surface area (Å²) in [4.78, 5) is 24.7. The topological polar surface area (TPSA) is 109 Å². The summed E-state index contributed by atoms with van der Waals surface area (Å²) < 4.78 is 32.0. The van der Waals surface area contributed by atoms with E-state index >= 15 is 0 Å². The Balaban J connectivity index is 1.82. The standard InChI is InChI=1S/C19H23N3O5S/c1-13-7-6-8-14(17(13)19(24)20-2)21-18(23)15-9-10-16(27-15)28(25,26)22-11-4-3-5-12-22/h6-10H,3-5,11-12H2,1-2H3,(H,20,24)(H,21,23). The van der Waals surface area contributed by atoms with E-state index < -0.39 is 15.9 Å². The molecule has 1 aromatic heterocycles. The Bertz CT molecular complexity index is 991. The molecule has 0 unspecified atom stereocenters. The quantitative estimate of drug-likeness (QED) is 0.794. The number of hydrogen-bond donors (Lipinski definition) is 2. The molecule has 0 saturated carbocycles. The fraction of sp³-hybridized carbons (Fsp3) is 0.368. The van der Waals surface area contributed by atoms with Gasteiger partial charge in [-0.1, -0.05) is 18.6 Å². The van der Waals surface area contributed by atoms with Crippen molar-refractivity contribution in [2.45, 2.75) is 31.3 Å². The van der Waals surface area contributed by atoms with Gasteiger partial charge in [0, 0.05) is 20.1 Å². The molecule has 0 bridgehead atoms. The van der Waals surface area contributed by atoms with Crippen molar-refractivity contribution in [1.82, 2.24) is 9.62 Å². The summed E-state index contributed by atoms with van der Waals surface area (Å²) >= 11 is 0. The highest BCUT2D eigenvalue weighted by Gasteiger charge is 2.30. The van der Waals surface area contributed by atoms with Gasteiger partial charge in [-0.3, -0.25) is 9.59 Å². The molecular formula is C19H23N3O5S. The number of rotatable bonds is 5. The third kappa shape index (κ3) is 3.95. The van der Waals surface area contributed by atoms with Crippen LogP contribution >= 0.6 is 0 Å². The van der Waals surface area contributed by atoms with Gasteiger partial charge in [0.1, 0.15) is 0 Å². The highest BCUT2D eigenvalue weighted by Crippen LogP contribution is 2.24. The lowest BCUT2D eigenvalue weighted by Gasteiger charge is -2.24. The van der Waals surface area contributed by atoms with Crippen molar-refractivity contribution in [2.75, 3.05) is 25.5 Å². The fourth-order valence-corrected chi connectivity index (χ4v) is 4.62. The number of carbonyl (C=O) groups is 2. The average Bonchev–Trinajstić information content (AvgIpc) is 3.19. The summed E-state index contributed by atoms with van der Waals surface area (Å²) in [5, 5.41) is 4.91. The number of amides is 2. The van der Waals surface area contributed by atoms with Crippen LogP contribution in [0.4, 0.5) is 5.69 Å². The lowest BCUT2D eigenvalue weighted by molar-refractivity contribution is 0.0963. The molecule has 0 aliphatic carbocycles. The summed E-state index contributed by atoms with van der Waals surface area (Å²) in [6.07, 6.45) is 2.62. The Morgan fingerprint density at radius 1 is 1.04 bits per heavy atom. The number of furan rings is 1. The zero-order valence-electron chi connectivity index (χ0n) is 15.8. The maximum absolute atomic E-state index is 12.7. The Labute approximate surface area is 164 Å². The molecule has 1 aliphatic rings. The molecule has 150 valence electrons. The maximum Gasteiger partial charge on any atom is 0.291 e. The lowest BCUT2D eigenvalue weighted by Crippen LogP contribution is -2.35. The summed E-state index contributed by atoms with van der Waals surface area (Å²) in [6, 6.07) is 7.68. The van der Waals surface area contributed by atoms with Crippen LogP contribution in [0.2, 0.25) is 0 Å². The molecular weight excluding hydrogens is 382 g/mol. The highest BCUT2D eigenvalue weighted by molar-refractivity contribution is 7.89. The van der Waals surface area contributed by atoms with E-state index in [0.29, 0.717) is 29.9 Å². The number of nitrogens with one attached hydrogen (secondary N) is 2. The van der Waals surface area contributed by atoms with Crippen LogP contribution < -0.4 is 10.6 Å². The number of carbonyl (C=O) groups excluding carboxylic acids is 2. The molecule has 2 amide bonds. The number of piperidine rings is 1. The van der Waals surface area contributed by atoms with E-state index in [1.54, 1.807) is 25.1 Å². The summed E-state index contributed by atoms with van der Waals surface area (Å²) in [5.41, 5.74) is 1.36. The molecule has 1 fully saturated rings. The van der Waals surface area contributed by atoms with Gasteiger partial charge in [0.15, 0.2) is 5.76 Å². The van der Waals surface area contributed by atoms with Crippen molar-refractivity contribution in [3.8, 4) is 0 Å². The maximum atomic E-state index is 12.7. The van der Waals surface area contributed by atoms with Crippen molar-refractivity contribution < 1.29 is 22.4 Å². The lowest BCUT2D eigenvalue weighted by atomic mass is 10.1.